The molecule has 61 heavy (non-hydrogen) atoms. The van der Waals surface area contributed by atoms with Gasteiger partial charge in [0.25, 0.3) is 5.91 Å². The third kappa shape index (κ3) is 15.3. The molecule has 328 valence electrons. The van der Waals surface area contributed by atoms with E-state index >= 15 is 0 Å². The van der Waals surface area contributed by atoms with Gasteiger partial charge in [-0.3, -0.25) is 9.59 Å². The highest BCUT2D eigenvalue weighted by molar-refractivity contribution is 6.30. The van der Waals surface area contributed by atoms with Crippen molar-refractivity contribution in [3.05, 3.63) is 118 Å². The van der Waals surface area contributed by atoms with E-state index in [0.29, 0.717) is 25.2 Å². The molecule has 2 aliphatic rings. The molecule has 4 N–H and O–H groups in total. The summed E-state index contributed by atoms with van der Waals surface area (Å²) in [5.41, 5.74) is 13.0. The van der Waals surface area contributed by atoms with Gasteiger partial charge in [-0.05, 0) is 163 Å². The van der Waals surface area contributed by atoms with Crippen LogP contribution < -0.4 is 21.3 Å². The Morgan fingerprint density at radius 1 is 0.885 bits per heavy atom. The summed E-state index contributed by atoms with van der Waals surface area (Å²) >= 11 is 5.56. The number of nitrogens with zero attached hydrogens (tertiary/aromatic N) is 2. The van der Waals surface area contributed by atoms with Crippen LogP contribution >= 0.6 is 11.6 Å². The lowest BCUT2D eigenvalue weighted by Gasteiger charge is -2.35. The van der Waals surface area contributed by atoms with Crippen molar-refractivity contribution < 1.29 is 23.9 Å². The number of hydrogen-bond donors (Lipinski definition) is 3. The minimum Gasteiger partial charge on any atom is -0.444 e. The van der Waals surface area contributed by atoms with Crippen LogP contribution in [0, 0.1) is 12.8 Å². The van der Waals surface area contributed by atoms with Crippen molar-refractivity contribution >= 4 is 47.2 Å². The summed E-state index contributed by atoms with van der Waals surface area (Å²) in [5, 5.41) is 6.85. The summed E-state index contributed by atoms with van der Waals surface area (Å²) < 4.78 is 5.42. The van der Waals surface area contributed by atoms with Crippen molar-refractivity contribution in [1.29, 1.82) is 0 Å². The number of anilines is 2. The Hall–Kier alpha value is -5.19. The first-order chi connectivity index (χ1) is 29.1. The van der Waals surface area contributed by atoms with Crippen LogP contribution in [0.1, 0.15) is 106 Å². The molecule has 4 aromatic carbocycles. The average molecular weight is 853 g/mol. The molecule has 3 amide bonds. The minimum absolute atomic E-state index is 0.0216. The number of amides is 3. The molecule has 0 radical (unpaired) electrons. The number of aryl methyl sites for hydroxylation is 2. The number of unbranched alkanes of at least 4 members (excludes halogenated alkanes) is 2. The number of benzene rings is 4. The number of carbonyl (C=O) groups excluding carboxylic acids is 4. The fraction of sp³-hybridized carbons (Fsp3) is 0.440. The molecule has 2 atom stereocenters. The van der Waals surface area contributed by atoms with Gasteiger partial charge in [-0.1, -0.05) is 66.0 Å². The van der Waals surface area contributed by atoms with Gasteiger partial charge in [0.1, 0.15) is 11.9 Å². The Morgan fingerprint density at radius 2 is 1.54 bits per heavy atom. The van der Waals surface area contributed by atoms with Crippen LogP contribution in [0.3, 0.4) is 0 Å². The Morgan fingerprint density at radius 3 is 2.13 bits per heavy atom. The lowest BCUT2D eigenvalue weighted by molar-refractivity contribution is -0.117. The van der Waals surface area contributed by atoms with Crippen LogP contribution in [0.4, 0.5) is 16.2 Å². The number of aldehydes is 1. The summed E-state index contributed by atoms with van der Waals surface area (Å²) in [6.45, 7) is 14.4. The number of piperidine rings is 1. The molecule has 0 bridgehead atoms. The van der Waals surface area contributed by atoms with E-state index in [2.05, 4.69) is 41.8 Å². The van der Waals surface area contributed by atoms with E-state index in [-0.39, 0.29) is 35.8 Å². The molecule has 1 unspecified atom stereocenters. The van der Waals surface area contributed by atoms with E-state index in [0.717, 1.165) is 90.9 Å². The number of carbonyl (C=O) groups is 4. The lowest BCUT2D eigenvalue weighted by atomic mass is 9.80. The number of halogens is 1. The second-order valence-electron chi connectivity index (χ2n) is 17.1. The largest absolute Gasteiger partial charge is 0.444 e. The Labute approximate surface area is 368 Å². The number of hydrogen-bond acceptors (Lipinski definition) is 7. The third-order valence-electron chi connectivity index (χ3n) is 11.0. The van der Waals surface area contributed by atoms with Gasteiger partial charge in [0.15, 0.2) is 0 Å². The maximum Gasteiger partial charge on any atom is 0.410 e. The minimum atomic E-state index is -0.471. The number of ether oxygens (including phenoxy) is 1. The van der Waals surface area contributed by atoms with Crippen LogP contribution in [0.2, 0.25) is 5.02 Å². The van der Waals surface area contributed by atoms with Gasteiger partial charge in [0.2, 0.25) is 5.91 Å². The summed E-state index contributed by atoms with van der Waals surface area (Å²) in [7, 11) is 1.96. The molecule has 1 fully saturated rings. The molecule has 1 saturated heterocycles. The van der Waals surface area contributed by atoms with Gasteiger partial charge in [0, 0.05) is 60.5 Å². The van der Waals surface area contributed by atoms with E-state index in [1.54, 1.807) is 36.1 Å². The summed E-state index contributed by atoms with van der Waals surface area (Å²) in [6, 6.07) is 29.5. The summed E-state index contributed by atoms with van der Waals surface area (Å²) in [5.74, 6) is 0.268. The highest BCUT2D eigenvalue weighted by Gasteiger charge is 2.31. The van der Waals surface area contributed by atoms with E-state index in [1.807, 2.05) is 82.1 Å². The van der Waals surface area contributed by atoms with Crippen LogP contribution in [0.5, 0.6) is 0 Å². The SMILES string of the molecule is CNCCCCCNC(=O)c1ccc(-c2ccc3c(c2)CC[C@H](C)N3C(C)=O)cc1.Cc1cccc(C(C=O)C2CCN(C(=O)OC(C)(C)C)CC2)c1.Nc1ccc(Cl)cc1. The zero-order valence-corrected chi connectivity index (χ0v) is 37.9. The van der Waals surface area contributed by atoms with Crippen molar-refractivity contribution in [1.82, 2.24) is 15.5 Å². The molecule has 0 spiro atoms. The summed E-state index contributed by atoms with van der Waals surface area (Å²) in [4.78, 5) is 51.8. The van der Waals surface area contributed by atoms with Crippen molar-refractivity contribution in [3.8, 4) is 11.1 Å². The van der Waals surface area contributed by atoms with Crippen LogP contribution in [-0.2, 0) is 20.7 Å². The smallest absolute Gasteiger partial charge is 0.410 e. The molecule has 4 aromatic rings. The summed E-state index contributed by atoms with van der Waals surface area (Å²) in [6.07, 6.45) is 7.65. The van der Waals surface area contributed by atoms with Crippen LogP contribution in [0.15, 0.2) is 91.0 Å². The van der Waals surface area contributed by atoms with E-state index < -0.39 is 5.60 Å². The number of nitrogens with two attached hydrogens (primary N) is 1. The quantitative estimate of drug-likeness (QED) is 0.0777. The second-order valence-corrected chi connectivity index (χ2v) is 17.5. The molecule has 0 aliphatic carbocycles. The Balaban J connectivity index is 0.000000232. The predicted octanol–water partition coefficient (Wildman–Crippen LogP) is 10.0. The number of fused-ring (bicyclic) bond motifs is 1. The predicted molar refractivity (Wildman–Crippen MR) is 249 cm³/mol. The second kappa shape index (κ2) is 23.7. The van der Waals surface area contributed by atoms with Crippen molar-refractivity contribution in [2.45, 2.75) is 104 Å². The van der Waals surface area contributed by atoms with Gasteiger partial charge < -0.3 is 35.7 Å². The first-order valence-corrected chi connectivity index (χ1v) is 21.9. The molecule has 11 heteroatoms. The molecule has 0 saturated carbocycles. The zero-order chi connectivity index (χ0) is 44.5. The van der Waals surface area contributed by atoms with Gasteiger partial charge in [-0.2, -0.15) is 0 Å². The molecule has 0 aromatic heterocycles. The number of rotatable bonds is 11. The average Bonchev–Trinajstić information content (AvgIpc) is 3.23. The fourth-order valence-corrected chi connectivity index (χ4v) is 7.83. The zero-order valence-electron chi connectivity index (χ0n) is 37.1. The molecule has 2 aliphatic heterocycles. The standard InChI is InChI=1S/C25H33N3O2.C19H27NO3.C6H6ClN/c1-18-7-8-23-17-22(13-14-24(23)28(18)19(2)29)20-9-11-21(12-10-20)25(30)27-16-6-4-5-15-26-3;1-14-6-5-7-16(12-14)17(13-21)15-8-10-20(11-9-15)18(22)23-19(2,3)4;7-5-1-3-6(8)4-2-5/h9-14,17-18,26H,4-8,15-16H2,1-3H3,(H,27,30);5-7,12-13,15,17H,8-11H2,1-4H3;1-4H,8H2/t18-;;/m0../s1. The van der Waals surface area contributed by atoms with Crippen molar-refractivity contribution in [2.75, 3.05) is 43.9 Å². The van der Waals surface area contributed by atoms with Crippen molar-refractivity contribution in [2.24, 2.45) is 5.92 Å². The fourth-order valence-electron chi connectivity index (χ4n) is 7.70. The maximum absolute atomic E-state index is 12.3. The first-order valence-electron chi connectivity index (χ1n) is 21.6. The molecular formula is C50H66ClN5O5. The van der Waals surface area contributed by atoms with E-state index in [9.17, 15) is 19.2 Å². The number of likely N-dealkylation sites (tertiary alicyclic amines) is 1. The molecular weight excluding hydrogens is 786 g/mol. The van der Waals surface area contributed by atoms with Crippen LogP contribution in [0.25, 0.3) is 11.1 Å². The number of nitrogen functional groups attached to an aromatic ring is 1. The highest BCUT2D eigenvalue weighted by atomic mass is 35.5. The Bertz CT molecular complexity index is 2000. The molecule has 10 nitrogen and oxygen atoms in total. The van der Waals surface area contributed by atoms with Crippen LogP contribution in [-0.4, -0.2) is 74.0 Å². The lowest BCUT2D eigenvalue weighted by Crippen LogP contribution is -2.42. The van der Waals surface area contributed by atoms with E-state index in [1.165, 1.54) is 11.1 Å². The monoisotopic (exact) mass is 851 g/mol. The topological polar surface area (TPSA) is 134 Å². The number of nitrogens with one attached hydrogen (secondary N) is 2. The third-order valence-corrected chi connectivity index (χ3v) is 11.2. The highest BCUT2D eigenvalue weighted by Crippen LogP contribution is 2.35. The van der Waals surface area contributed by atoms with Gasteiger partial charge in [-0.15, -0.1) is 0 Å². The van der Waals surface area contributed by atoms with Gasteiger partial charge in [0.05, 0.1) is 0 Å². The van der Waals surface area contributed by atoms with Crippen molar-refractivity contribution in [3.63, 3.8) is 0 Å². The molecule has 2 heterocycles. The van der Waals surface area contributed by atoms with Gasteiger partial charge in [-0.25, -0.2) is 4.79 Å². The molecule has 6 rings (SSSR count). The normalized spacial score (nSPS) is 15.5. The first kappa shape index (κ1) is 48.5. The maximum atomic E-state index is 12.3. The van der Waals surface area contributed by atoms with E-state index in [4.69, 9.17) is 22.1 Å². The van der Waals surface area contributed by atoms with Gasteiger partial charge >= 0.3 is 6.09 Å². The Kier molecular flexibility index (Phi) is 18.8.